The molecule has 4 nitrogen and oxygen atoms in total. The molecule has 0 bridgehead atoms. The van der Waals surface area contributed by atoms with E-state index < -0.39 is 7.12 Å². The van der Waals surface area contributed by atoms with Crippen molar-refractivity contribution in [2.24, 2.45) is 5.16 Å². The molecule has 0 spiro atoms. The van der Waals surface area contributed by atoms with Crippen LogP contribution in [0.15, 0.2) is 53.7 Å². The first-order valence-corrected chi connectivity index (χ1v) is 5.95. The molecule has 0 atom stereocenters. The number of methoxy groups -OCH3 is 1. The van der Waals surface area contributed by atoms with Crippen LogP contribution in [0.5, 0.6) is 5.75 Å². The lowest BCUT2D eigenvalue weighted by Gasteiger charge is -2.19. The lowest BCUT2D eigenvalue weighted by molar-refractivity contribution is 0.284. The SMILES string of the molecule is COc1ccc2c(c1)C(c1ccccc1)=NOB2O. The highest BCUT2D eigenvalue weighted by molar-refractivity contribution is 6.63. The lowest BCUT2D eigenvalue weighted by Crippen LogP contribution is -2.40. The summed E-state index contributed by atoms with van der Waals surface area (Å²) < 4.78 is 10.3. The molecule has 1 heterocycles. The van der Waals surface area contributed by atoms with Crippen molar-refractivity contribution >= 4 is 18.3 Å². The summed E-state index contributed by atoms with van der Waals surface area (Å²) in [6.45, 7) is 0. The number of ether oxygens (including phenoxy) is 1. The topological polar surface area (TPSA) is 51.0 Å². The molecule has 1 aliphatic heterocycles. The Balaban J connectivity index is 2.14. The van der Waals surface area contributed by atoms with Crippen molar-refractivity contribution in [2.75, 3.05) is 7.11 Å². The Bertz CT molecular complexity index is 628. The molecule has 0 amide bonds. The van der Waals surface area contributed by atoms with E-state index in [1.807, 2.05) is 36.4 Å². The number of fused-ring (bicyclic) bond motifs is 1. The summed E-state index contributed by atoms with van der Waals surface area (Å²) in [5.41, 5.74) is 3.14. The van der Waals surface area contributed by atoms with Crippen LogP contribution >= 0.6 is 0 Å². The van der Waals surface area contributed by atoms with Crippen LogP contribution < -0.4 is 10.2 Å². The van der Waals surface area contributed by atoms with E-state index in [4.69, 9.17) is 9.49 Å². The van der Waals surface area contributed by atoms with Crippen LogP contribution in [0.1, 0.15) is 11.1 Å². The Morgan fingerprint density at radius 1 is 1.16 bits per heavy atom. The van der Waals surface area contributed by atoms with E-state index in [0.29, 0.717) is 11.2 Å². The first kappa shape index (κ1) is 11.8. The highest BCUT2D eigenvalue weighted by Gasteiger charge is 2.30. The van der Waals surface area contributed by atoms with Crippen LogP contribution in [0.2, 0.25) is 0 Å². The van der Waals surface area contributed by atoms with E-state index in [2.05, 4.69) is 5.16 Å². The van der Waals surface area contributed by atoms with Gasteiger partial charge in [-0.05, 0) is 12.1 Å². The molecular formula is C14H12BNO3. The van der Waals surface area contributed by atoms with Crippen molar-refractivity contribution in [1.82, 2.24) is 0 Å². The number of rotatable bonds is 2. The third-order valence-corrected chi connectivity index (χ3v) is 3.07. The van der Waals surface area contributed by atoms with Crippen molar-refractivity contribution in [1.29, 1.82) is 0 Å². The van der Waals surface area contributed by atoms with Gasteiger partial charge in [-0.3, -0.25) is 0 Å². The normalized spacial score (nSPS) is 13.4. The van der Waals surface area contributed by atoms with Gasteiger partial charge in [0.05, 0.1) is 7.11 Å². The van der Waals surface area contributed by atoms with Crippen molar-refractivity contribution in [3.05, 3.63) is 59.7 Å². The van der Waals surface area contributed by atoms with Crippen LogP contribution in [0.3, 0.4) is 0 Å². The summed E-state index contributed by atoms with van der Waals surface area (Å²) in [5, 5.41) is 13.8. The Morgan fingerprint density at radius 3 is 2.68 bits per heavy atom. The van der Waals surface area contributed by atoms with E-state index in [9.17, 15) is 5.02 Å². The fourth-order valence-corrected chi connectivity index (χ4v) is 2.10. The van der Waals surface area contributed by atoms with E-state index in [0.717, 1.165) is 16.9 Å². The van der Waals surface area contributed by atoms with Crippen LogP contribution in [-0.4, -0.2) is 25.0 Å². The first-order chi connectivity index (χ1) is 9.29. The summed E-state index contributed by atoms with van der Waals surface area (Å²) in [4.78, 5) is 0. The number of oxime groups is 1. The number of hydrogen-bond donors (Lipinski definition) is 1. The molecule has 0 saturated carbocycles. The predicted octanol–water partition coefficient (Wildman–Crippen LogP) is 1.17. The van der Waals surface area contributed by atoms with Gasteiger partial charge in [0, 0.05) is 16.6 Å². The van der Waals surface area contributed by atoms with Gasteiger partial charge in [-0.25, -0.2) is 0 Å². The van der Waals surface area contributed by atoms with Crippen LogP contribution in [0.25, 0.3) is 0 Å². The summed E-state index contributed by atoms with van der Waals surface area (Å²) in [6.07, 6.45) is 0. The van der Waals surface area contributed by atoms with Crippen molar-refractivity contribution in [2.45, 2.75) is 0 Å². The molecule has 94 valence electrons. The molecule has 19 heavy (non-hydrogen) atoms. The van der Waals surface area contributed by atoms with Crippen molar-refractivity contribution in [3.8, 4) is 5.75 Å². The molecule has 0 saturated heterocycles. The third-order valence-electron chi connectivity index (χ3n) is 3.07. The van der Waals surface area contributed by atoms with Gasteiger partial charge < -0.3 is 14.5 Å². The fourth-order valence-electron chi connectivity index (χ4n) is 2.10. The van der Waals surface area contributed by atoms with Gasteiger partial charge in [-0.15, -0.1) is 5.16 Å². The van der Waals surface area contributed by atoms with Crippen molar-refractivity contribution < 1.29 is 14.5 Å². The highest BCUT2D eigenvalue weighted by atomic mass is 16.6. The quantitative estimate of drug-likeness (QED) is 0.817. The Morgan fingerprint density at radius 2 is 1.95 bits per heavy atom. The number of hydrogen-bond acceptors (Lipinski definition) is 4. The zero-order valence-corrected chi connectivity index (χ0v) is 10.4. The minimum Gasteiger partial charge on any atom is -0.497 e. The average Bonchev–Trinajstić information content (AvgIpc) is 2.48. The smallest absolute Gasteiger partial charge is 0.497 e. The van der Waals surface area contributed by atoms with E-state index in [-0.39, 0.29) is 0 Å². The van der Waals surface area contributed by atoms with E-state index in [1.54, 1.807) is 19.2 Å². The molecule has 0 fully saturated rings. The first-order valence-electron chi connectivity index (χ1n) is 5.95. The van der Waals surface area contributed by atoms with E-state index >= 15 is 0 Å². The zero-order chi connectivity index (χ0) is 13.2. The molecule has 1 aliphatic rings. The second-order valence-corrected chi connectivity index (χ2v) is 4.22. The standard InChI is InChI=1S/C14H12BNO3/c1-18-11-7-8-13-12(9-11)14(16-19-15(13)17)10-5-3-2-4-6-10/h2-9,17H,1H3. The second-order valence-electron chi connectivity index (χ2n) is 4.22. The molecule has 2 aromatic rings. The minimum absolute atomic E-state index is 0.689. The van der Waals surface area contributed by atoms with Gasteiger partial charge in [-0.2, -0.15) is 0 Å². The maximum Gasteiger partial charge on any atom is 0.583 e. The summed E-state index contributed by atoms with van der Waals surface area (Å²) in [5.74, 6) is 0.719. The molecule has 0 radical (unpaired) electrons. The van der Waals surface area contributed by atoms with Crippen molar-refractivity contribution in [3.63, 3.8) is 0 Å². The van der Waals surface area contributed by atoms with Gasteiger partial charge in [0.1, 0.15) is 11.5 Å². The van der Waals surface area contributed by atoms with Gasteiger partial charge >= 0.3 is 7.12 Å². The summed E-state index contributed by atoms with van der Waals surface area (Å²) in [6, 6.07) is 15.1. The molecule has 0 aromatic heterocycles. The average molecular weight is 253 g/mol. The third kappa shape index (κ3) is 2.08. The van der Waals surface area contributed by atoms with Crippen LogP contribution in [0.4, 0.5) is 0 Å². The lowest BCUT2D eigenvalue weighted by atomic mass is 9.74. The predicted molar refractivity (Wildman–Crippen MR) is 73.8 cm³/mol. The summed E-state index contributed by atoms with van der Waals surface area (Å²) >= 11 is 0. The number of benzene rings is 2. The maximum absolute atomic E-state index is 9.82. The van der Waals surface area contributed by atoms with Gasteiger partial charge in [0.15, 0.2) is 0 Å². The molecule has 0 unspecified atom stereocenters. The molecule has 1 N–H and O–H groups in total. The van der Waals surface area contributed by atoms with Gasteiger partial charge in [0.2, 0.25) is 0 Å². The maximum atomic E-state index is 9.82. The fraction of sp³-hybridized carbons (Fsp3) is 0.0714. The Kier molecular flexibility index (Phi) is 2.97. The number of nitrogens with zero attached hydrogens (tertiary/aromatic N) is 1. The Hall–Kier alpha value is -2.27. The minimum atomic E-state index is -1.03. The Labute approximate surface area is 111 Å². The zero-order valence-electron chi connectivity index (χ0n) is 10.4. The molecule has 3 rings (SSSR count). The second kappa shape index (κ2) is 4.78. The summed E-state index contributed by atoms with van der Waals surface area (Å²) in [7, 11) is 0.574. The molecule has 5 heteroatoms. The monoisotopic (exact) mass is 253 g/mol. The van der Waals surface area contributed by atoms with Gasteiger partial charge in [-0.1, -0.05) is 36.4 Å². The molecule has 0 aliphatic carbocycles. The highest BCUT2D eigenvalue weighted by Crippen LogP contribution is 2.19. The van der Waals surface area contributed by atoms with Crippen LogP contribution in [-0.2, 0) is 4.76 Å². The molecule has 2 aromatic carbocycles. The van der Waals surface area contributed by atoms with E-state index in [1.165, 1.54) is 0 Å². The molecular weight excluding hydrogens is 241 g/mol. The van der Waals surface area contributed by atoms with Crippen LogP contribution in [0, 0.1) is 0 Å². The van der Waals surface area contributed by atoms with Gasteiger partial charge in [0.25, 0.3) is 0 Å². The largest absolute Gasteiger partial charge is 0.583 e.